The van der Waals surface area contributed by atoms with Gasteiger partial charge in [0, 0.05) is 25.7 Å². The van der Waals surface area contributed by atoms with Crippen LogP contribution in [0.15, 0.2) is 42.6 Å². The van der Waals surface area contributed by atoms with Crippen LogP contribution in [0.5, 0.6) is 0 Å². The Kier molecular flexibility index (Phi) is 5.52. The maximum atomic E-state index is 12.1. The molecule has 0 unspecified atom stereocenters. The van der Waals surface area contributed by atoms with Crippen LogP contribution in [0.2, 0.25) is 0 Å². The largest absolute Gasteiger partial charge is 0.618 e. The van der Waals surface area contributed by atoms with E-state index in [1.165, 1.54) is 23.2 Å². The third kappa shape index (κ3) is 4.32. The molecule has 1 heterocycles. The molecule has 0 spiro atoms. The quantitative estimate of drug-likeness (QED) is 0.476. The lowest BCUT2D eigenvalue weighted by Gasteiger charge is -2.18. The minimum absolute atomic E-state index is 0.151. The van der Waals surface area contributed by atoms with Crippen molar-refractivity contribution in [2.45, 2.75) is 20.4 Å². The number of likely N-dealkylation sites (N-methyl/N-ethyl adjacent to an activating group) is 1. The van der Waals surface area contributed by atoms with Crippen LogP contribution in [0, 0.1) is 19.1 Å². The Morgan fingerprint density at radius 3 is 2.62 bits per heavy atom. The first kappa shape index (κ1) is 17.5. The summed E-state index contributed by atoms with van der Waals surface area (Å²) in [6, 6.07) is 10.4. The predicted octanol–water partition coefficient (Wildman–Crippen LogP) is 1.75. The number of benzene rings is 1. The second-order valence-electron chi connectivity index (χ2n) is 5.67. The molecule has 6 nitrogen and oxygen atoms in total. The van der Waals surface area contributed by atoms with Gasteiger partial charge in [-0.25, -0.2) is 4.79 Å². The van der Waals surface area contributed by atoms with Gasteiger partial charge in [0.2, 0.25) is 0 Å². The van der Waals surface area contributed by atoms with E-state index in [1.807, 2.05) is 26.0 Å². The minimum Gasteiger partial charge on any atom is -0.618 e. The summed E-state index contributed by atoms with van der Waals surface area (Å²) < 4.78 is 5.34. The summed E-state index contributed by atoms with van der Waals surface area (Å²) in [4.78, 5) is 25.4. The molecule has 2 rings (SSSR count). The summed E-state index contributed by atoms with van der Waals surface area (Å²) in [5, 5.41) is 11.5. The van der Waals surface area contributed by atoms with Crippen LogP contribution in [0.1, 0.15) is 27.2 Å². The molecule has 0 saturated heterocycles. The standard InChI is InChI=1S/C18H20N2O4/c1-13-7-8-15(14(2)10-13)11-19(3)17(21)12-24-18(22)16-6-4-5-9-20(16)23/h4-10H,11-12H2,1-3H3. The van der Waals surface area contributed by atoms with Gasteiger partial charge in [-0.3, -0.25) is 4.79 Å². The van der Waals surface area contributed by atoms with Gasteiger partial charge in [0.25, 0.3) is 5.91 Å². The molecule has 0 aliphatic heterocycles. The van der Waals surface area contributed by atoms with Crippen molar-refractivity contribution in [1.82, 2.24) is 4.90 Å². The van der Waals surface area contributed by atoms with E-state index in [9.17, 15) is 14.8 Å². The zero-order valence-corrected chi connectivity index (χ0v) is 14.0. The number of rotatable bonds is 5. The highest BCUT2D eigenvalue weighted by Gasteiger charge is 2.19. The SMILES string of the molecule is Cc1ccc(CN(C)C(=O)COC(=O)c2cccc[n+]2[O-])c(C)c1. The van der Waals surface area contributed by atoms with E-state index in [-0.39, 0.29) is 11.6 Å². The number of aryl methyl sites for hydroxylation is 2. The van der Waals surface area contributed by atoms with Crippen molar-refractivity contribution in [3.05, 3.63) is 70.2 Å². The number of hydrogen-bond donors (Lipinski definition) is 0. The molecule has 1 aromatic carbocycles. The highest BCUT2D eigenvalue weighted by Crippen LogP contribution is 2.12. The van der Waals surface area contributed by atoms with Crippen molar-refractivity contribution in [1.29, 1.82) is 0 Å². The highest BCUT2D eigenvalue weighted by atomic mass is 16.5. The fraction of sp³-hybridized carbons (Fsp3) is 0.278. The molecule has 24 heavy (non-hydrogen) atoms. The number of hydrogen-bond acceptors (Lipinski definition) is 4. The molecule has 0 aliphatic rings. The number of amides is 1. The molecule has 0 bridgehead atoms. The summed E-state index contributed by atoms with van der Waals surface area (Å²) >= 11 is 0. The van der Waals surface area contributed by atoms with Gasteiger partial charge >= 0.3 is 11.7 Å². The van der Waals surface area contributed by atoms with Gasteiger partial charge in [0.1, 0.15) is 0 Å². The van der Waals surface area contributed by atoms with Crippen LogP contribution in [0.4, 0.5) is 0 Å². The van der Waals surface area contributed by atoms with Gasteiger partial charge in [0.15, 0.2) is 12.8 Å². The lowest BCUT2D eigenvalue weighted by molar-refractivity contribution is -0.608. The lowest BCUT2D eigenvalue weighted by Crippen LogP contribution is -2.36. The molecule has 0 N–H and O–H groups in total. The number of carbonyl (C=O) groups is 2. The van der Waals surface area contributed by atoms with Crippen LogP contribution in [0.3, 0.4) is 0 Å². The first-order valence-electron chi connectivity index (χ1n) is 7.54. The molecular formula is C18H20N2O4. The maximum absolute atomic E-state index is 12.1. The van der Waals surface area contributed by atoms with Gasteiger partial charge in [-0.1, -0.05) is 23.8 Å². The number of carbonyl (C=O) groups excluding carboxylic acids is 2. The Bertz CT molecular complexity index is 758. The Labute approximate surface area is 140 Å². The molecule has 0 fully saturated rings. The Morgan fingerprint density at radius 1 is 1.21 bits per heavy atom. The van der Waals surface area contributed by atoms with E-state index < -0.39 is 12.6 Å². The second kappa shape index (κ2) is 7.59. The van der Waals surface area contributed by atoms with E-state index in [0.29, 0.717) is 11.3 Å². The summed E-state index contributed by atoms with van der Waals surface area (Å²) in [6.45, 7) is 4.02. The predicted molar refractivity (Wildman–Crippen MR) is 88.1 cm³/mol. The Morgan fingerprint density at radius 2 is 1.96 bits per heavy atom. The number of ether oxygens (including phenoxy) is 1. The normalized spacial score (nSPS) is 10.3. The van der Waals surface area contributed by atoms with Gasteiger partial charge in [-0.2, -0.15) is 4.73 Å². The number of aromatic nitrogens is 1. The Balaban J connectivity index is 1.92. The Hall–Kier alpha value is -2.89. The van der Waals surface area contributed by atoms with Crippen LogP contribution in [0.25, 0.3) is 0 Å². The van der Waals surface area contributed by atoms with Crippen molar-refractivity contribution in [3.8, 4) is 0 Å². The lowest BCUT2D eigenvalue weighted by atomic mass is 10.1. The number of nitrogens with zero attached hydrogens (tertiary/aromatic N) is 2. The van der Waals surface area contributed by atoms with Crippen LogP contribution >= 0.6 is 0 Å². The second-order valence-corrected chi connectivity index (χ2v) is 5.67. The van der Waals surface area contributed by atoms with Gasteiger partial charge in [-0.15, -0.1) is 0 Å². The number of esters is 1. The van der Waals surface area contributed by atoms with Gasteiger partial charge in [0.05, 0.1) is 0 Å². The fourth-order valence-corrected chi connectivity index (χ4v) is 2.26. The topological polar surface area (TPSA) is 73.5 Å². The fourth-order valence-electron chi connectivity index (χ4n) is 2.26. The zero-order chi connectivity index (χ0) is 17.7. The third-order valence-corrected chi connectivity index (χ3v) is 3.69. The molecule has 1 aromatic heterocycles. The maximum Gasteiger partial charge on any atom is 0.405 e. The first-order chi connectivity index (χ1) is 11.4. The van der Waals surface area contributed by atoms with Crippen LogP contribution in [-0.4, -0.2) is 30.4 Å². The van der Waals surface area contributed by atoms with Gasteiger partial charge in [-0.05, 0) is 31.0 Å². The molecule has 126 valence electrons. The van der Waals surface area contributed by atoms with Crippen LogP contribution < -0.4 is 4.73 Å². The minimum atomic E-state index is -0.820. The summed E-state index contributed by atoms with van der Waals surface area (Å²) in [6.07, 6.45) is 1.20. The smallest absolute Gasteiger partial charge is 0.405 e. The molecule has 0 aliphatic carbocycles. The molecule has 6 heteroatoms. The monoisotopic (exact) mass is 328 g/mol. The first-order valence-corrected chi connectivity index (χ1v) is 7.54. The summed E-state index contributed by atoms with van der Waals surface area (Å²) in [7, 11) is 1.64. The zero-order valence-electron chi connectivity index (χ0n) is 14.0. The van der Waals surface area contributed by atoms with E-state index in [1.54, 1.807) is 13.1 Å². The van der Waals surface area contributed by atoms with Crippen molar-refractivity contribution in [3.63, 3.8) is 0 Å². The van der Waals surface area contributed by atoms with Crippen molar-refractivity contribution in [2.75, 3.05) is 13.7 Å². The number of pyridine rings is 1. The van der Waals surface area contributed by atoms with E-state index in [0.717, 1.165) is 16.7 Å². The molecule has 0 saturated carbocycles. The van der Waals surface area contributed by atoms with Crippen molar-refractivity contribution in [2.24, 2.45) is 0 Å². The molecular weight excluding hydrogens is 308 g/mol. The van der Waals surface area contributed by atoms with Crippen LogP contribution in [-0.2, 0) is 16.1 Å². The summed E-state index contributed by atoms with van der Waals surface area (Å²) in [5.41, 5.74) is 3.14. The average molecular weight is 328 g/mol. The molecule has 0 atom stereocenters. The highest BCUT2D eigenvalue weighted by molar-refractivity contribution is 5.88. The molecule has 1 amide bonds. The third-order valence-electron chi connectivity index (χ3n) is 3.69. The van der Waals surface area contributed by atoms with Crippen molar-refractivity contribution < 1.29 is 19.1 Å². The summed E-state index contributed by atoms with van der Waals surface area (Å²) in [5.74, 6) is -1.16. The molecule has 0 radical (unpaired) electrons. The van der Waals surface area contributed by atoms with Crippen molar-refractivity contribution >= 4 is 11.9 Å². The van der Waals surface area contributed by atoms with Gasteiger partial charge < -0.3 is 14.8 Å². The van der Waals surface area contributed by atoms with E-state index in [4.69, 9.17) is 4.74 Å². The molecule has 2 aromatic rings. The van der Waals surface area contributed by atoms with E-state index in [2.05, 4.69) is 6.07 Å². The average Bonchev–Trinajstić information content (AvgIpc) is 2.55. The van der Waals surface area contributed by atoms with E-state index >= 15 is 0 Å².